The summed E-state index contributed by atoms with van der Waals surface area (Å²) in [7, 11) is 0. The van der Waals surface area contributed by atoms with E-state index in [4.69, 9.17) is 0 Å². The minimum atomic E-state index is 0.359. The first kappa shape index (κ1) is 22.0. The third-order valence-electron chi connectivity index (χ3n) is 7.67. The van der Waals surface area contributed by atoms with Gasteiger partial charge in [0, 0.05) is 0 Å². The van der Waals surface area contributed by atoms with Gasteiger partial charge in [-0.05, 0) is 46.8 Å². The van der Waals surface area contributed by atoms with Gasteiger partial charge in [0.15, 0.2) is 0 Å². The lowest BCUT2D eigenvalue weighted by atomic mass is 9.50. The molecule has 0 aliphatic rings. The number of hydrogen-bond donors (Lipinski definition) is 0. The van der Waals surface area contributed by atoms with E-state index >= 15 is 0 Å². The number of rotatable bonds is 9. The normalized spacial score (nSPS) is 19.1. The SMILES string of the molecule is CCC(C)C(CC)(CC)CC(C)C(CC)(C(C)C)C(C)(C)C. The highest BCUT2D eigenvalue weighted by Gasteiger charge is 2.49. The van der Waals surface area contributed by atoms with Crippen LogP contribution < -0.4 is 0 Å². The molecule has 3 atom stereocenters. The van der Waals surface area contributed by atoms with Crippen LogP contribution in [0.3, 0.4) is 0 Å². The molecule has 0 aromatic rings. The van der Waals surface area contributed by atoms with Crippen LogP contribution in [0.25, 0.3) is 0 Å². The van der Waals surface area contributed by atoms with Crippen LogP contribution >= 0.6 is 0 Å². The second-order valence-corrected chi connectivity index (χ2v) is 9.28. The van der Waals surface area contributed by atoms with Gasteiger partial charge in [0.2, 0.25) is 0 Å². The van der Waals surface area contributed by atoms with Crippen molar-refractivity contribution in [2.24, 2.45) is 34.0 Å². The zero-order chi connectivity index (χ0) is 17.8. The zero-order valence-corrected chi connectivity index (χ0v) is 17.8. The Morgan fingerprint density at radius 2 is 1.14 bits per heavy atom. The van der Waals surface area contributed by atoms with Gasteiger partial charge in [0.25, 0.3) is 0 Å². The second kappa shape index (κ2) is 8.20. The summed E-state index contributed by atoms with van der Waals surface area (Å²) in [5.74, 6) is 2.33. The summed E-state index contributed by atoms with van der Waals surface area (Å²) in [4.78, 5) is 0. The van der Waals surface area contributed by atoms with Gasteiger partial charge in [-0.2, -0.15) is 0 Å². The average Bonchev–Trinajstić information content (AvgIpc) is 2.43. The molecular weight excluding hydrogens is 264 g/mol. The Kier molecular flexibility index (Phi) is 8.20. The van der Waals surface area contributed by atoms with Gasteiger partial charge >= 0.3 is 0 Å². The standard InChI is InChI=1S/C22H46/c1-12-18(7)21(13-2,14-3)16-19(8)22(15-4,17(5)6)20(9,10)11/h17-19H,12-16H2,1-11H3. The van der Waals surface area contributed by atoms with Crippen molar-refractivity contribution >= 4 is 0 Å². The summed E-state index contributed by atoms with van der Waals surface area (Å²) >= 11 is 0. The molecule has 0 saturated carbocycles. The minimum Gasteiger partial charge on any atom is -0.0651 e. The van der Waals surface area contributed by atoms with E-state index in [2.05, 4.69) is 76.2 Å². The molecule has 0 nitrogen and oxygen atoms in total. The monoisotopic (exact) mass is 310 g/mol. The Balaban J connectivity index is 5.72. The van der Waals surface area contributed by atoms with Crippen molar-refractivity contribution in [1.29, 1.82) is 0 Å². The predicted octanol–water partition coefficient (Wildman–Crippen LogP) is 7.96. The van der Waals surface area contributed by atoms with Gasteiger partial charge in [-0.3, -0.25) is 0 Å². The quantitative estimate of drug-likeness (QED) is 0.405. The first-order valence-electron chi connectivity index (χ1n) is 9.98. The molecule has 0 aromatic heterocycles. The topological polar surface area (TPSA) is 0 Å². The first-order valence-corrected chi connectivity index (χ1v) is 9.98. The Bertz CT molecular complexity index is 302. The van der Waals surface area contributed by atoms with E-state index in [1.165, 1.54) is 32.1 Å². The second-order valence-electron chi connectivity index (χ2n) is 9.28. The van der Waals surface area contributed by atoms with Crippen molar-refractivity contribution in [2.75, 3.05) is 0 Å². The molecule has 3 unspecified atom stereocenters. The largest absolute Gasteiger partial charge is 0.0651 e. The van der Waals surface area contributed by atoms with Crippen molar-refractivity contribution in [3.63, 3.8) is 0 Å². The minimum absolute atomic E-state index is 0.359. The molecule has 134 valence electrons. The van der Waals surface area contributed by atoms with Crippen molar-refractivity contribution < 1.29 is 0 Å². The lowest BCUT2D eigenvalue weighted by Gasteiger charge is -2.55. The van der Waals surface area contributed by atoms with E-state index in [9.17, 15) is 0 Å². The van der Waals surface area contributed by atoms with Gasteiger partial charge in [-0.15, -0.1) is 0 Å². The van der Waals surface area contributed by atoms with Crippen molar-refractivity contribution in [2.45, 2.75) is 108 Å². The third-order valence-corrected chi connectivity index (χ3v) is 7.67. The molecular formula is C22H46. The van der Waals surface area contributed by atoms with Crippen LogP contribution in [-0.2, 0) is 0 Å². The Labute approximate surface area is 142 Å². The Hall–Kier alpha value is 0. The van der Waals surface area contributed by atoms with Crippen molar-refractivity contribution in [3.8, 4) is 0 Å². The van der Waals surface area contributed by atoms with Crippen LogP contribution in [0.4, 0.5) is 0 Å². The smallest absolute Gasteiger partial charge is 0.0203 e. The fraction of sp³-hybridized carbons (Fsp3) is 1.00. The molecule has 0 radical (unpaired) electrons. The van der Waals surface area contributed by atoms with Gasteiger partial charge in [0.05, 0.1) is 0 Å². The molecule has 0 saturated heterocycles. The predicted molar refractivity (Wildman–Crippen MR) is 103 cm³/mol. The van der Waals surface area contributed by atoms with Gasteiger partial charge in [-0.25, -0.2) is 0 Å². The lowest BCUT2D eigenvalue weighted by Crippen LogP contribution is -2.47. The average molecular weight is 311 g/mol. The van der Waals surface area contributed by atoms with Crippen LogP contribution in [0.15, 0.2) is 0 Å². The summed E-state index contributed by atoms with van der Waals surface area (Å²) in [5.41, 5.74) is 1.31. The maximum atomic E-state index is 2.55. The fourth-order valence-electron chi connectivity index (χ4n) is 6.12. The summed E-state index contributed by atoms with van der Waals surface area (Å²) in [6.07, 6.45) is 6.64. The van der Waals surface area contributed by atoms with Crippen molar-refractivity contribution in [3.05, 3.63) is 0 Å². The highest BCUT2D eigenvalue weighted by atomic mass is 14.5. The highest BCUT2D eigenvalue weighted by molar-refractivity contribution is 4.98. The molecule has 0 heteroatoms. The molecule has 0 aromatic carbocycles. The molecule has 0 N–H and O–H groups in total. The summed E-state index contributed by atoms with van der Waals surface area (Å²) in [5, 5.41) is 0. The number of hydrogen-bond acceptors (Lipinski definition) is 0. The summed E-state index contributed by atoms with van der Waals surface area (Å²) in [6, 6.07) is 0. The van der Waals surface area contributed by atoms with E-state index in [1.54, 1.807) is 0 Å². The maximum Gasteiger partial charge on any atom is -0.0203 e. The van der Waals surface area contributed by atoms with E-state index < -0.39 is 0 Å². The molecule has 0 bridgehead atoms. The first-order chi connectivity index (χ1) is 9.98. The molecule has 0 heterocycles. The molecule has 0 spiro atoms. The Morgan fingerprint density at radius 3 is 1.36 bits per heavy atom. The van der Waals surface area contributed by atoms with Gasteiger partial charge in [-0.1, -0.05) is 95.4 Å². The third kappa shape index (κ3) is 3.90. The molecule has 0 aliphatic heterocycles. The molecule has 22 heavy (non-hydrogen) atoms. The molecule has 0 fully saturated rings. The van der Waals surface area contributed by atoms with Crippen LogP contribution in [-0.4, -0.2) is 0 Å². The van der Waals surface area contributed by atoms with Crippen LogP contribution in [0.1, 0.15) is 108 Å². The van der Waals surface area contributed by atoms with Gasteiger partial charge in [0.1, 0.15) is 0 Å². The maximum absolute atomic E-state index is 2.55. The van der Waals surface area contributed by atoms with E-state index in [0.717, 1.165) is 17.8 Å². The van der Waals surface area contributed by atoms with Crippen LogP contribution in [0.2, 0.25) is 0 Å². The van der Waals surface area contributed by atoms with E-state index in [-0.39, 0.29) is 0 Å². The summed E-state index contributed by atoms with van der Waals surface area (Å²) < 4.78 is 0. The fourth-order valence-corrected chi connectivity index (χ4v) is 6.12. The Morgan fingerprint density at radius 1 is 0.682 bits per heavy atom. The van der Waals surface area contributed by atoms with E-state index in [1.807, 2.05) is 0 Å². The summed E-state index contributed by atoms with van der Waals surface area (Å²) in [6.45, 7) is 27.0. The van der Waals surface area contributed by atoms with Crippen LogP contribution in [0, 0.1) is 34.0 Å². The zero-order valence-electron chi connectivity index (χ0n) is 17.8. The highest BCUT2D eigenvalue weighted by Crippen LogP contribution is 2.57. The van der Waals surface area contributed by atoms with E-state index in [0.29, 0.717) is 16.2 Å². The molecule has 0 aliphatic carbocycles. The van der Waals surface area contributed by atoms with Crippen LogP contribution in [0.5, 0.6) is 0 Å². The van der Waals surface area contributed by atoms with Crippen molar-refractivity contribution in [1.82, 2.24) is 0 Å². The molecule has 0 amide bonds. The van der Waals surface area contributed by atoms with Gasteiger partial charge < -0.3 is 0 Å². The lowest BCUT2D eigenvalue weighted by molar-refractivity contribution is -0.0579. The molecule has 0 rings (SSSR count).